The summed E-state index contributed by atoms with van der Waals surface area (Å²) in [6.45, 7) is 8.26. The molecule has 0 aromatic heterocycles. The lowest BCUT2D eigenvalue weighted by Gasteiger charge is -2.35. The molecule has 2 nitrogen and oxygen atoms in total. The van der Waals surface area contributed by atoms with Crippen molar-refractivity contribution in [3.8, 4) is 0 Å². The monoisotopic (exact) mass is 170 g/mol. The van der Waals surface area contributed by atoms with Crippen molar-refractivity contribution >= 4 is 0 Å². The molecule has 1 atom stereocenters. The third-order valence-electron chi connectivity index (χ3n) is 2.66. The van der Waals surface area contributed by atoms with Crippen molar-refractivity contribution in [1.29, 1.82) is 0 Å². The minimum absolute atomic E-state index is 0.256. The Balaban J connectivity index is 2.41. The van der Waals surface area contributed by atoms with Gasteiger partial charge in [0, 0.05) is 12.0 Å². The zero-order valence-electron chi connectivity index (χ0n) is 7.84. The number of ether oxygens (including phenoxy) is 2. The molecule has 0 radical (unpaired) electrons. The Morgan fingerprint density at radius 1 is 1.67 bits per heavy atom. The van der Waals surface area contributed by atoms with E-state index in [-0.39, 0.29) is 5.41 Å². The van der Waals surface area contributed by atoms with Crippen LogP contribution >= 0.6 is 0 Å². The summed E-state index contributed by atoms with van der Waals surface area (Å²) >= 11 is 0. The van der Waals surface area contributed by atoms with Crippen molar-refractivity contribution in [2.24, 2.45) is 5.41 Å². The predicted molar refractivity (Wildman–Crippen MR) is 48.9 cm³/mol. The van der Waals surface area contributed by atoms with Crippen LogP contribution < -0.4 is 0 Å². The van der Waals surface area contributed by atoms with E-state index in [1.807, 2.05) is 0 Å². The highest BCUT2D eigenvalue weighted by Gasteiger charge is 2.31. The number of hydrogen-bond donors (Lipinski definition) is 0. The average Bonchev–Trinajstić information content (AvgIpc) is 2.16. The molecule has 1 unspecified atom stereocenters. The molecule has 12 heavy (non-hydrogen) atoms. The van der Waals surface area contributed by atoms with Crippen LogP contribution in [0.3, 0.4) is 0 Å². The molecule has 0 aliphatic carbocycles. The number of rotatable bonds is 4. The summed E-state index contributed by atoms with van der Waals surface area (Å²) in [6.07, 6.45) is 5.03. The molecular weight excluding hydrogens is 152 g/mol. The van der Waals surface area contributed by atoms with Gasteiger partial charge in [-0.05, 0) is 19.3 Å². The Morgan fingerprint density at radius 2 is 2.50 bits per heavy atom. The summed E-state index contributed by atoms with van der Waals surface area (Å²) in [4.78, 5) is 0. The second-order valence-corrected chi connectivity index (χ2v) is 3.49. The Bertz CT molecular complexity index is 137. The fourth-order valence-corrected chi connectivity index (χ4v) is 1.64. The molecule has 1 heterocycles. The molecule has 0 spiro atoms. The van der Waals surface area contributed by atoms with Crippen LogP contribution in [0.15, 0.2) is 12.8 Å². The Labute approximate surface area is 74.6 Å². The van der Waals surface area contributed by atoms with Crippen molar-refractivity contribution in [3.05, 3.63) is 12.8 Å². The molecule has 0 saturated carbocycles. The molecule has 0 aromatic carbocycles. The Morgan fingerprint density at radius 3 is 3.00 bits per heavy atom. The van der Waals surface area contributed by atoms with E-state index in [0.717, 1.165) is 32.7 Å². The second kappa shape index (κ2) is 4.51. The molecule has 1 aliphatic heterocycles. The largest absolute Gasteiger partial charge is 0.501 e. The minimum Gasteiger partial charge on any atom is -0.501 e. The van der Waals surface area contributed by atoms with Crippen LogP contribution in [-0.4, -0.2) is 19.8 Å². The Hall–Kier alpha value is -0.500. The first-order chi connectivity index (χ1) is 5.83. The van der Waals surface area contributed by atoms with Gasteiger partial charge in [0.2, 0.25) is 0 Å². The first-order valence-corrected chi connectivity index (χ1v) is 4.63. The summed E-state index contributed by atoms with van der Waals surface area (Å²) < 4.78 is 10.7. The first kappa shape index (κ1) is 9.59. The van der Waals surface area contributed by atoms with E-state index in [4.69, 9.17) is 9.47 Å². The quantitative estimate of drug-likeness (QED) is 0.603. The van der Waals surface area contributed by atoms with Gasteiger partial charge in [0.05, 0.1) is 19.5 Å². The molecule has 0 aromatic rings. The highest BCUT2D eigenvalue weighted by Crippen LogP contribution is 2.32. The van der Waals surface area contributed by atoms with Gasteiger partial charge in [-0.3, -0.25) is 0 Å². The maximum absolute atomic E-state index is 5.46. The highest BCUT2D eigenvalue weighted by molar-refractivity contribution is 4.80. The van der Waals surface area contributed by atoms with E-state index in [2.05, 4.69) is 13.5 Å². The van der Waals surface area contributed by atoms with Gasteiger partial charge in [-0.1, -0.05) is 13.5 Å². The lowest BCUT2D eigenvalue weighted by molar-refractivity contribution is -0.0432. The van der Waals surface area contributed by atoms with Gasteiger partial charge in [0.1, 0.15) is 0 Å². The molecule has 70 valence electrons. The molecule has 1 fully saturated rings. The van der Waals surface area contributed by atoms with Crippen LogP contribution in [0.2, 0.25) is 0 Å². The summed E-state index contributed by atoms with van der Waals surface area (Å²) in [6, 6.07) is 0. The van der Waals surface area contributed by atoms with Gasteiger partial charge >= 0.3 is 0 Å². The predicted octanol–water partition coefficient (Wildman–Crippen LogP) is 2.35. The minimum atomic E-state index is 0.256. The van der Waals surface area contributed by atoms with E-state index >= 15 is 0 Å². The number of hydrogen-bond acceptors (Lipinski definition) is 2. The smallest absolute Gasteiger partial charge is 0.0951 e. The molecule has 1 rings (SSSR count). The lowest BCUT2D eigenvalue weighted by Crippen LogP contribution is -2.35. The zero-order valence-corrected chi connectivity index (χ0v) is 7.84. The molecule has 0 bridgehead atoms. The van der Waals surface area contributed by atoms with Crippen molar-refractivity contribution in [2.45, 2.75) is 26.2 Å². The van der Waals surface area contributed by atoms with Crippen LogP contribution in [0.25, 0.3) is 0 Å². The van der Waals surface area contributed by atoms with Crippen molar-refractivity contribution in [2.75, 3.05) is 19.8 Å². The standard InChI is InChI=1S/C10H18O2/c1-3-10(8-11-4-2)6-5-7-12-9-10/h4H,2-3,5-9H2,1H3. The van der Waals surface area contributed by atoms with Crippen LogP contribution in [0.5, 0.6) is 0 Å². The SMILES string of the molecule is C=COCC1(CC)CCCOC1. The maximum atomic E-state index is 5.46. The van der Waals surface area contributed by atoms with Crippen molar-refractivity contribution in [1.82, 2.24) is 0 Å². The molecule has 0 N–H and O–H groups in total. The van der Waals surface area contributed by atoms with Crippen LogP contribution in [0.4, 0.5) is 0 Å². The summed E-state index contributed by atoms with van der Waals surface area (Å²) in [5.74, 6) is 0. The van der Waals surface area contributed by atoms with E-state index in [1.165, 1.54) is 12.7 Å². The normalized spacial score (nSPS) is 29.8. The highest BCUT2D eigenvalue weighted by atomic mass is 16.5. The molecular formula is C10H18O2. The third kappa shape index (κ3) is 2.24. The van der Waals surface area contributed by atoms with Crippen molar-refractivity contribution < 1.29 is 9.47 Å². The fraction of sp³-hybridized carbons (Fsp3) is 0.800. The fourth-order valence-electron chi connectivity index (χ4n) is 1.64. The van der Waals surface area contributed by atoms with Crippen LogP contribution in [-0.2, 0) is 9.47 Å². The van der Waals surface area contributed by atoms with Crippen molar-refractivity contribution in [3.63, 3.8) is 0 Å². The van der Waals surface area contributed by atoms with Gasteiger partial charge in [-0.15, -0.1) is 0 Å². The summed E-state index contributed by atoms with van der Waals surface area (Å²) in [5, 5.41) is 0. The zero-order chi connectivity index (χ0) is 8.86. The molecule has 0 amide bonds. The molecule has 1 aliphatic rings. The maximum Gasteiger partial charge on any atom is 0.0951 e. The topological polar surface area (TPSA) is 18.5 Å². The first-order valence-electron chi connectivity index (χ1n) is 4.63. The second-order valence-electron chi connectivity index (χ2n) is 3.49. The third-order valence-corrected chi connectivity index (χ3v) is 2.66. The van der Waals surface area contributed by atoms with E-state index in [0.29, 0.717) is 0 Å². The van der Waals surface area contributed by atoms with Gasteiger partial charge in [0.25, 0.3) is 0 Å². The van der Waals surface area contributed by atoms with Gasteiger partial charge in [-0.2, -0.15) is 0 Å². The summed E-state index contributed by atoms with van der Waals surface area (Å²) in [5.41, 5.74) is 0.256. The molecule has 1 saturated heterocycles. The summed E-state index contributed by atoms with van der Waals surface area (Å²) in [7, 11) is 0. The lowest BCUT2D eigenvalue weighted by atomic mass is 9.81. The van der Waals surface area contributed by atoms with Gasteiger partial charge in [-0.25, -0.2) is 0 Å². The van der Waals surface area contributed by atoms with E-state index < -0.39 is 0 Å². The average molecular weight is 170 g/mol. The van der Waals surface area contributed by atoms with Crippen LogP contribution in [0.1, 0.15) is 26.2 Å². The Kier molecular flexibility index (Phi) is 3.60. The van der Waals surface area contributed by atoms with Gasteiger partial charge in [0.15, 0.2) is 0 Å². The van der Waals surface area contributed by atoms with Gasteiger partial charge < -0.3 is 9.47 Å². The molecule has 2 heteroatoms. The van der Waals surface area contributed by atoms with E-state index in [9.17, 15) is 0 Å². The van der Waals surface area contributed by atoms with E-state index in [1.54, 1.807) is 0 Å². The van der Waals surface area contributed by atoms with Crippen LogP contribution in [0, 0.1) is 5.41 Å².